The number of para-hydroxylation sites is 1. The van der Waals surface area contributed by atoms with Gasteiger partial charge in [0.2, 0.25) is 0 Å². The number of aliphatic hydroxyl groups is 1. The van der Waals surface area contributed by atoms with Crippen molar-refractivity contribution in [3.8, 4) is 5.75 Å². The molecule has 0 heterocycles. The molecule has 1 N–H and O–H groups in total. The first-order chi connectivity index (χ1) is 12.6. The van der Waals surface area contributed by atoms with E-state index in [0.717, 1.165) is 19.2 Å². The highest BCUT2D eigenvalue weighted by atomic mass is 19.4. The Hall–Kier alpha value is -2.67. The second-order valence-corrected chi connectivity index (χ2v) is 6.01. The van der Waals surface area contributed by atoms with Gasteiger partial charge in [-0.3, -0.25) is 0 Å². The molecule has 27 heavy (non-hydrogen) atoms. The van der Waals surface area contributed by atoms with E-state index in [2.05, 4.69) is 0 Å². The highest BCUT2D eigenvalue weighted by Gasteiger charge is 2.72. The molecule has 0 spiro atoms. The average Bonchev–Trinajstić information content (AvgIpc) is 2.65. The molecule has 0 aliphatic carbocycles. The van der Waals surface area contributed by atoms with Crippen LogP contribution < -0.4 is 4.74 Å². The predicted octanol–water partition coefficient (Wildman–Crippen LogP) is 5.28. The van der Waals surface area contributed by atoms with Gasteiger partial charge in [0.05, 0.1) is 7.11 Å². The smallest absolute Gasteiger partial charge is 0.457 e. The van der Waals surface area contributed by atoms with Crippen molar-refractivity contribution in [1.29, 1.82) is 0 Å². The molecule has 3 aromatic carbocycles. The normalized spacial score (nSPS) is 14.8. The van der Waals surface area contributed by atoms with Crippen LogP contribution in [0.15, 0.2) is 66.7 Å². The summed E-state index contributed by atoms with van der Waals surface area (Å²) in [7, 11) is 1.13. The van der Waals surface area contributed by atoms with Crippen LogP contribution >= 0.6 is 0 Å². The largest absolute Gasteiger partial charge is 0.496 e. The molecule has 3 rings (SSSR count). The molecule has 0 saturated carbocycles. The van der Waals surface area contributed by atoms with Crippen molar-refractivity contribution in [2.75, 3.05) is 7.11 Å². The van der Waals surface area contributed by atoms with Gasteiger partial charge in [-0.1, -0.05) is 60.7 Å². The van der Waals surface area contributed by atoms with E-state index in [-0.39, 0.29) is 11.1 Å². The average molecular weight is 382 g/mol. The fourth-order valence-corrected chi connectivity index (χ4v) is 3.17. The van der Waals surface area contributed by atoms with Crippen molar-refractivity contribution in [2.24, 2.45) is 0 Å². The molecule has 142 valence electrons. The van der Waals surface area contributed by atoms with Gasteiger partial charge in [-0.15, -0.1) is 0 Å². The topological polar surface area (TPSA) is 29.5 Å². The van der Waals surface area contributed by atoms with Crippen molar-refractivity contribution in [3.63, 3.8) is 0 Å². The maximum Gasteiger partial charge on any atom is 0.457 e. The number of hydrogen-bond donors (Lipinski definition) is 1. The second-order valence-electron chi connectivity index (χ2n) is 6.01. The number of fused-ring (bicyclic) bond motifs is 1. The van der Waals surface area contributed by atoms with E-state index in [0.29, 0.717) is 5.39 Å². The van der Waals surface area contributed by atoms with Crippen molar-refractivity contribution in [3.05, 3.63) is 77.9 Å². The number of benzene rings is 3. The van der Waals surface area contributed by atoms with Crippen LogP contribution in [0.5, 0.6) is 5.75 Å². The summed E-state index contributed by atoms with van der Waals surface area (Å²) in [4.78, 5) is 0. The summed E-state index contributed by atoms with van der Waals surface area (Å²) in [6, 6.07) is 14.9. The van der Waals surface area contributed by atoms with Crippen molar-refractivity contribution in [1.82, 2.24) is 0 Å². The summed E-state index contributed by atoms with van der Waals surface area (Å²) in [5.74, 6) is -5.77. The monoisotopic (exact) mass is 382 g/mol. The molecular formula is C20H15F5O2. The molecule has 1 atom stereocenters. The van der Waals surface area contributed by atoms with Crippen LogP contribution in [0.2, 0.25) is 0 Å². The lowest BCUT2D eigenvalue weighted by atomic mass is 9.78. The predicted molar refractivity (Wildman–Crippen MR) is 90.9 cm³/mol. The van der Waals surface area contributed by atoms with Crippen LogP contribution in [0.25, 0.3) is 10.8 Å². The Morgan fingerprint density at radius 1 is 0.741 bits per heavy atom. The lowest BCUT2D eigenvalue weighted by Gasteiger charge is -2.38. The van der Waals surface area contributed by atoms with Crippen molar-refractivity contribution in [2.45, 2.75) is 17.7 Å². The summed E-state index contributed by atoms with van der Waals surface area (Å²) in [6.45, 7) is 0. The Labute approximate surface area is 151 Å². The van der Waals surface area contributed by atoms with Gasteiger partial charge in [0, 0.05) is 11.1 Å². The van der Waals surface area contributed by atoms with Gasteiger partial charge in [0.25, 0.3) is 0 Å². The summed E-state index contributed by atoms with van der Waals surface area (Å²) in [5.41, 5.74) is -4.93. The van der Waals surface area contributed by atoms with Gasteiger partial charge in [-0.25, -0.2) is 0 Å². The molecule has 3 aromatic rings. The minimum atomic E-state index is -6.00. The summed E-state index contributed by atoms with van der Waals surface area (Å²) < 4.78 is 74.7. The maximum atomic E-state index is 14.8. The number of hydrogen-bond acceptors (Lipinski definition) is 2. The quantitative estimate of drug-likeness (QED) is 0.622. The van der Waals surface area contributed by atoms with E-state index in [1.165, 1.54) is 36.4 Å². The molecule has 0 aromatic heterocycles. The molecule has 0 saturated heterocycles. The van der Waals surface area contributed by atoms with E-state index < -0.39 is 28.8 Å². The second kappa shape index (κ2) is 6.49. The van der Waals surface area contributed by atoms with Gasteiger partial charge >= 0.3 is 12.1 Å². The first-order valence-electron chi connectivity index (χ1n) is 7.93. The molecule has 1 unspecified atom stereocenters. The summed E-state index contributed by atoms with van der Waals surface area (Å²) in [6.07, 6.45) is -6.00. The fourth-order valence-electron chi connectivity index (χ4n) is 3.17. The molecule has 0 aliphatic rings. The molecule has 0 radical (unpaired) electrons. The minimum Gasteiger partial charge on any atom is -0.496 e. The maximum absolute atomic E-state index is 14.8. The Morgan fingerprint density at radius 2 is 1.30 bits per heavy atom. The third kappa shape index (κ3) is 2.82. The molecule has 0 bridgehead atoms. The Bertz CT molecular complexity index is 962. The number of halogens is 5. The Morgan fingerprint density at radius 3 is 1.96 bits per heavy atom. The fraction of sp³-hybridized carbons (Fsp3) is 0.200. The van der Waals surface area contributed by atoms with Gasteiger partial charge in [-0.2, -0.15) is 22.0 Å². The van der Waals surface area contributed by atoms with Gasteiger partial charge in [0.15, 0.2) is 5.60 Å². The van der Waals surface area contributed by atoms with E-state index in [1.807, 2.05) is 0 Å². The Kier molecular flexibility index (Phi) is 4.59. The van der Waals surface area contributed by atoms with E-state index in [4.69, 9.17) is 4.74 Å². The van der Waals surface area contributed by atoms with Crippen LogP contribution in [-0.4, -0.2) is 24.3 Å². The minimum absolute atomic E-state index is 0.0809. The molecule has 7 heteroatoms. The molecular weight excluding hydrogens is 367 g/mol. The summed E-state index contributed by atoms with van der Waals surface area (Å²) in [5, 5.41) is 11.6. The summed E-state index contributed by atoms with van der Waals surface area (Å²) >= 11 is 0. The highest BCUT2D eigenvalue weighted by Crippen LogP contribution is 2.54. The third-order valence-electron chi connectivity index (χ3n) is 4.49. The van der Waals surface area contributed by atoms with Gasteiger partial charge in [-0.05, 0) is 16.8 Å². The number of rotatable bonds is 4. The van der Waals surface area contributed by atoms with Crippen molar-refractivity contribution >= 4 is 10.8 Å². The standard InChI is InChI=1S/C20H15F5O2/c1-27-17-12-5-4-10-16(17)18(26,19(21,22)20(23,24)25)15-11-6-8-13-7-2-3-9-14(13)15/h2-12,26H,1H3. The number of alkyl halides is 5. The lowest BCUT2D eigenvalue weighted by Crippen LogP contribution is -2.55. The van der Waals surface area contributed by atoms with Crippen LogP contribution in [0.3, 0.4) is 0 Å². The van der Waals surface area contributed by atoms with Crippen LogP contribution in [-0.2, 0) is 5.60 Å². The Balaban J connectivity index is 2.45. The number of ether oxygens (including phenoxy) is 1. The zero-order valence-electron chi connectivity index (χ0n) is 14.1. The molecule has 0 amide bonds. The molecule has 0 fully saturated rings. The zero-order valence-corrected chi connectivity index (χ0v) is 14.1. The first kappa shape index (κ1) is 19.1. The van der Waals surface area contributed by atoms with Gasteiger partial charge < -0.3 is 9.84 Å². The van der Waals surface area contributed by atoms with Gasteiger partial charge in [0.1, 0.15) is 5.75 Å². The van der Waals surface area contributed by atoms with Crippen LogP contribution in [0, 0.1) is 0 Å². The van der Waals surface area contributed by atoms with Crippen LogP contribution in [0.1, 0.15) is 11.1 Å². The third-order valence-corrected chi connectivity index (χ3v) is 4.49. The SMILES string of the molecule is COc1ccccc1C(O)(c1cccc2ccccc12)C(F)(F)C(F)(F)F. The highest BCUT2D eigenvalue weighted by molar-refractivity contribution is 5.87. The van der Waals surface area contributed by atoms with E-state index >= 15 is 0 Å². The lowest BCUT2D eigenvalue weighted by molar-refractivity contribution is -0.336. The van der Waals surface area contributed by atoms with E-state index in [1.54, 1.807) is 18.2 Å². The first-order valence-corrected chi connectivity index (χ1v) is 7.93. The molecule has 0 aliphatic heterocycles. The van der Waals surface area contributed by atoms with Crippen LogP contribution in [0.4, 0.5) is 22.0 Å². The van der Waals surface area contributed by atoms with E-state index in [9.17, 15) is 27.1 Å². The molecule has 2 nitrogen and oxygen atoms in total. The number of methoxy groups -OCH3 is 1. The zero-order chi connectivity index (χ0) is 19.9. The van der Waals surface area contributed by atoms with Crippen molar-refractivity contribution < 1.29 is 31.8 Å².